The van der Waals surface area contributed by atoms with Gasteiger partial charge in [0, 0.05) is 0 Å². The standard InChI is InChI=1S/C19H18O/c1-19(17-10-6-3-7-11-17)14-16(12-13-18(19)20)15-8-4-2-5-9-15/h2-13,20H,14H2,1H3. The van der Waals surface area contributed by atoms with Crippen molar-refractivity contribution in [3.63, 3.8) is 0 Å². The lowest BCUT2D eigenvalue weighted by molar-refractivity contribution is 0.307. The second-order valence-electron chi connectivity index (χ2n) is 5.48. The van der Waals surface area contributed by atoms with Gasteiger partial charge in [0.25, 0.3) is 0 Å². The molecule has 0 bridgehead atoms. The molecule has 0 heterocycles. The Morgan fingerprint density at radius 3 is 2.10 bits per heavy atom. The van der Waals surface area contributed by atoms with Gasteiger partial charge in [-0.2, -0.15) is 0 Å². The summed E-state index contributed by atoms with van der Waals surface area (Å²) in [5.74, 6) is 0.434. The first-order valence-electron chi connectivity index (χ1n) is 6.91. The van der Waals surface area contributed by atoms with Crippen molar-refractivity contribution in [2.75, 3.05) is 0 Å². The second-order valence-corrected chi connectivity index (χ2v) is 5.48. The lowest BCUT2D eigenvalue weighted by atomic mass is 9.72. The minimum atomic E-state index is -0.346. The fourth-order valence-electron chi connectivity index (χ4n) is 2.80. The van der Waals surface area contributed by atoms with E-state index in [4.69, 9.17) is 0 Å². The van der Waals surface area contributed by atoms with Crippen molar-refractivity contribution < 1.29 is 5.11 Å². The van der Waals surface area contributed by atoms with Crippen LogP contribution in [-0.4, -0.2) is 5.11 Å². The molecule has 100 valence electrons. The summed E-state index contributed by atoms with van der Waals surface area (Å²) in [6.07, 6.45) is 4.66. The zero-order valence-electron chi connectivity index (χ0n) is 11.6. The second kappa shape index (κ2) is 5.01. The first kappa shape index (κ1) is 12.7. The fraction of sp³-hybridized carbons (Fsp3) is 0.158. The number of aliphatic hydroxyl groups excluding tert-OH is 1. The van der Waals surface area contributed by atoms with E-state index in [1.165, 1.54) is 11.1 Å². The Balaban J connectivity index is 2.01. The first-order valence-corrected chi connectivity index (χ1v) is 6.91. The molecule has 3 rings (SSSR count). The van der Waals surface area contributed by atoms with E-state index < -0.39 is 0 Å². The number of hydrogen-bond acceptors (Lipinski definition) is 1. The van der Waals surface area contributed by atoms with Crippen LogP contribution in [0.4, 0.5) is 0 Å². The molecule has 0 radical (unpaired) electrons. The van der Waals surface area contributed by atoms with Crippen molar-refractivity contribution in [2.24, 2.45) is 0 Å². The Bertz CT molecular complexity index is 653. The quantitative estimate of drug-likeness (QED) is 0.818. The molecule has 1 N–H and O–H groups in total. The fourth-order valence-corrected chi connectivity index (χ4v) is 2.80. The van der Waals surface area contributed by atoms with E-state index in [9.17, 15) is 5.11 Å². The lowest BCUT2D eigenvalue weighted by Crippen LogP contribution is -2.27. The Hall–Kier alpha value is -2.28. The highest BCUT2D eigenvalue weighted by atomic mass is 16.3. The molecule has 0 aliphatic heterocycles. The van der Waals surface area contributed by atoms with Crippen molar-refractivity contribution in [1.82, 2.24) is 0 Å². The van der Waals surface area contributed by atoms with Gasteiger partial charge in [-0.1, -0.05) is 66.7 Å². The van der Waals surface area contributed by atoms with Gasteiger partial charge in [0.1, 0.15) is 5.76 Å². The molecule has 0 spiro atoms. The van der Waals surface area contributed by atoms with Crippen LogP contribution in [0.15, 0.2) is 78.6 Å². The maximum absolute atomic E-state index is 10.4. The molecule has 0 fully saturated rings. The number of hydrogen-bond donors (Lipinski definition) is 1. The minimum absolute atomic E-state index is 0.346. The van der Waals surface area contributed by atoms with Gasteiger partial charge in [-0.25, -0.2) is 0 Å². The molecule has 1 heteroatoms. The predicted molar refractivity (Wildman–Crippen MR) is 83.5 cm³/mol. The SMILES string of the molecule is CC1(c2ccccc2)CC(c2ccccc2)=CC=C1O. The highest BCUT2D eigenvalue weighted by Crippen LogP contribution is 2.42. The highest BCUT2D eigenvalue weighted by Gasteiger charge is 2.34. The van der Waals surface area contributed by atoms with E-state index in [-0.39, 0.29) is 5.41 Å². The molecule has 1 atom stereocenters. The number of aliphatic hydroxyl groups is 1. The molecule has 2 aromatic carbocycles. The zero-order valence-corrected chi connectivity index (χ0v) is 11.6. The zero-order chi connectivity index (χ0) is 14.0. The Labute approximate surface area is 119 Å². The van der Waals surface area contributed by atoms with Gasteiger partial charge >= 0.3 is 0 Å². The molecule has 0 saturated heterocycles. The van der Waals surface area contributed by atoms with Crippen LogP contribution in [0, 0.1) is 0 Å². The summed E-state index contributed by atoms with van der Waals surface area (Å²) in [7, 11) is 0. The average Bonchev–Trinajstić information content (AvgIpc) is 2.52. The molecule has 1 aliphatic carbocycles. The summed E-state index contributed by atoms with van der Waals surface area (Å²) in [4.78, 5) is 0. The number of rotatable bonds is 2. The van der Waals surface area contributed by atoms with Crippen LogP contribution in [-0.2, 0) is 5.41 Å². The summed E-state index contributed by atoms with van der Waals surface area (Å²) in [6.45, 7) is 2.10. The van der Waals surface area contributed by atoms with Crippen LogP contribution < -0.4 is 0 Å². The Morgan fingerprint density at radius 1 is 0.850 bits per heavy atom. The third-order valence-electron chi connectivity index (χ3n) is 4.11. The molecule has 1 nitrogen and oxygen atoms in total. The van der Waals surface area contributed by atoms with Gasteiger partial charge in [-0.05, 0) is 36.1 Å². The van der Waals surface area contributed by atoms with Crippen LogP contribution in [0.2, 0.25) is 0 Å². The summed E-state index contributed by atoms with van der Waals surface area (Å²) < 4.78 is 0. The van der Waals surface area contributed by atoms with Crippen LogP contribution in [0.1, 0.15) is 24.5 Å². The molecule has 0 amide bonds. The van der Waals surface area contributed by atoms with Crippen LogP contribution in [0.25, 0.3) is 5.57 Å². The van der Waals surface area contributed by atoms with Crippen molar-refractivity contribution in [2.45, 2.75) is 18.8 Å². The summed E-state index contributed by atoms with van der Waals surface area (Å²) in [6, 6.07) is 20.6. The monoisotopic (exact) mass is 262 g/mol. The van der Waals surface area contributed by atoms with Crippen LogP contribution in [0.3, 0.4) is 0 Å². The van der Waals surface area contributed by atoms with Crippen LogP contribution in [0.5, 0.6) is 0 Å². The van der Waals surface area contributed by atoms with Gasteiger partial charge in [-0.3, -0.25) is 0 Å². The molecule has 20 heavy (non-hydrogen) atoms. The van der Waals surface area contributed by atoms with Crippen molar-refractivity contribution in [1.29, 1.82) is 0 Å². The maximum atomic E-state index is 10.4. The van der Waals surface area contributed by atoms with Gasteiger partial charge in [-0.15, -0.1) is 0 Å². The van der Waals surface area contributed by atoms with Crippen molar-refractivity contribution in [3.05, 3.63) is 89.7 Å². The van der Waals surface area contributed by atoms with Gasteiger partial charge in [0.15, 0.2) is 0 Å². The van der Waals surface area contributed by atoms with E-state index in [0.29, 0.717) is 5.76 Å². The molecule has 0 aromatic heterocycles. The normalized spacial score (nSPS) is 22.1. The number of benzene rings is 2. The van der Waals surface area contributed by atoms with Gasteiger partial charge in [0.2, 0.25) is 0 Å². The number of allylic oxidation sites excluding steroid dienone is 4. The van der Waals surface area contributed by atoms with E-state index in [2.05, 4.69) is 31.2 Å². The largest absolute Gasteiger partial charge is 0.511 e. The van der Waals surface area contributed by atoms with E-state index >= 15 is 0 Å². The van der Waals surface area contributed by atoms with Gasteiger partial charge < -0.3 is 5.11 Å². The van der Waals surface area contributed by atoms with Crippen LogP contribution >= 0.6 is 0 Å². The highest BCUT2D eigenvalue weighted by molar-refractivity contribution is 5.71. The Kier molecular flexibility index (Phi) is 3.19. The summed E-state index contributed by atoms with van der Waals surface area (Å²) >= 11 is 0. The topological polar surface area (TPSA) is 20.2 Å². The predicted octanol–water partition coefficient (Wildman–Crippen LogP) is 4.87. The van der Waals surface area contributed by atoms with Gasteiger partial charge in [0.05, 0.1) is 5.41 Å². The van der Waals surface area contributed by atoms with E-state index in [0.717, 1.165) is 12.0 Å². The molecule has 2 aromatic rings. The smallest absolute Gasteiger partial charge is 0.103 e. The summed E-state index contributed by atoms with van der Waals surface area (Å²) in [5, 5.41) is 10.4. The molecule has 0 saturated carbocycles. The molecule has 1 aliphatic rings. The third kappa shape index (κ3) is 2.16. The molecular weight excluding hydrogens is 244 g/mol. The lowest BCUT2D eigenvalue weighted by Gasteiger charge is -2.33. The maximum Gasteiger partial charge on any atom is 0.103 e. The Morgan fingerprint density at radius 2 is 1.45 bits per heavy atom. The summed E-state index contributed by atoms with van der Waals surface area (Å²) in [5.41, 5.74) is 3.28. The first-order chi connectivity index (χ1) is 9.70. The molecular formula is C19H18O. The third-order valence-corrected chi connectivity index (χ3v) is 4.11. The van der Waals surface area contributed by atoms with E-state index in [1.54, 1.807) is 0 Å². The van der Waals surface area contributed by atoms with Crippen molar-refractivity contribution >= 4 is 5.57 Å². The molecule has 1 unspecified atom stereocenters. The van der Waals surface area contributed by atoms with E-state index in [1.807, 2.05) is 48.6 Å². The minimum Gasteiger partial charge on any atom is -0.511 e. The van der Waals surface area contributed by atoms with Crippen molar-refractivity contribution in [3.8, 4) is 0 Å². The average molecular weight is 262 g/mol.